The highest BCUT2D eigenvalue weighted by molar-refractivity contribution is 6.29. The Balaban J connectivity index is 1.55. The number of hydrogen-bond acceptors (Lipinski definition) is 4. The van der Waals surface area contributed by atoms with Gasteiger partial charge in [0.15, 0.2) is 5.15 Å². The number of benzene rings is 1. The Morgan fingerprint density at radius 3 is 2.30 bits per heavy atom. The molecule has 2 heterocycles. The van der Waals surface area contributed by atoms with Gasteiger partial charge in [-0.05, 0) is 24.3 Å². The van der Waals surface area contributed by atoms with Crippen molar-refractivity contribution in [2.75, 3.05) is 31.1 Å². The van der Waals surface area contributed by atoms with Gasteiger partial charge < -0.3 is 4.90 Å². The molecule has 0 atom stereocenters. The molecule has 1 saturated heterocycles. The molecule has 2 aromatic rings. The fraction of sp³-hybridized carbons (Fsp3) is 0.333. The van der Waals surface area contributed by atoms with Crippen molar-refractivity contribution in [2.24, 2.45) is 0 Å². The third-order valence-electron chi connectivity index (χ3n) is 3.57. The van der Waals surface area contributed by atoms with Crippen LogP contribution in [0.1, 0.15) is 5.69 Å². The Kier molecular flexibility index (Phi) is 4.14. The Morgan fingerprint density at radius 2 is 1.65 bits per heavy atom. The van der Waals surface area contributed by atoms with E-state index in [4.69, 9.17) is 11.6 Å². The molecule has 0 unspecified atom stereocenters. The van der Waals surface area contributed by atoms with Crippen molar-refractivity contribution in [3.05, 3.63) is 53.3 Å². The average Bonchev–Trinajstić information content (AvgIpc) is 2.51. The lowest BCUT2D eigenvalue weighted by Gasteiger charge is -2.35. The summed E-state index contributed by atoms with van der Waals surface area (Å²) in [5, 5.41) is 8.44. The summed E-state index contributed by atoms with van der Waals surface area (Å²) in [6.45, 7) is 5.02. The number of aromatic nitrogens is 2. The van der Waals surface area contributed by atoms with E-state index in [0.29, 0.717) is 5.15 Å². The molecule has 1 aromatic heterocycles. The van der Waals surface area contributed by atoms with Crippen LogP contribution >= 0.6 is 11.6 Å². The lowest BCUT2D eigenvalue weighted by atomic mass is 10.2. The number of anilines is 1. The number of piperazine rings is 1. The van der Waals surface area contributed by atoms with Crippen LogP contribution in [0, 0.1) is 0 Å². The molecule has 0 spiro atoms. The van der Waals surface area contributed by atoms with Crippen molar-refractivity contribution < 1.29 is 0 Å². The van der Waals surface area contributed by atoms with Gasteiger partial charge in [0.25, 0.3) is 0 Å². The molecule has 104 valence electrons. The Morgan fingerprint density at radius 1 is 0.900 bits per heavy atom. The molecule has 0 aliphatic carbocycles. The molecule has 1 aliphatic rings. The van der Waals surface area contributed by atoms with Crippen LogP contribution in [0.3, 0.4) is 0 Å². The summed E-state index contributed by atoms with van der Waals surface area (Å²) in [5.41, 5.74) is 2.28. The predicted octanol–water partition coefficient (Wildman–Crippen LogP) is 2.45. The quantitative estimate of drug-likeness (QED) is 0.868. The average molecular weight is 289 g/mol. The normalized spacial score (nSPS) is 16.4. The predicted molar refractivity (Wildman–Crippen MR) is 81.0 cm³/mol. The topological polar surface area (TPSA) is 32.3 Å². The summed E-state index contributed by atoms with van der Waals surface area (Å²) in [5.74, 6) is 0. The summed E-state index contributed by atoms with van der Waals surface area (Å²) >= 11 is 5.75. The van der Waals surface area contributed by atoms with E-state index in [1.165, 1.54) is 5.69 Å². The van der Waals surface area contributed by atoms with Crippen LogP contribution in [0.4, 0.5) is 5.69 Å². The maximum Gasteiger partial charge on any atom is 0.151 e. The number of halogens is 1. The Bertz CT molecular complexity index is 536. The fourth-order valence-electron chi connectivity index (χ4n) is 2.46. The smallest absolute Gasteiger partial charge is 0.151 e. The van der Waals surface area contributed by atoms with Crippen LogP contribution in [-0.4, -0.2) is 41.3 Å². The van der Waals surface area contributed by atoms with Gasteiger partial charge in [0.2, 0.25) is 0 Å². The lowest BCUT2D eigenvalue weighted by Crippen LogP contribution is -2.46. The molecule has 0 radical (unpaired) electrons. The molecule has 1 aliphatic heterocycles. The minimum Gasteiger partial charge on any atom is -0.369 e. The number of nitrogens with zero attached hydrogens (tertiary/aromatic N) is 4. The highest BCUT2D eigenvalue weighted by atomic mass is 35.5. The molecule has 0 N–H and O–H groups in total. The first-order valence-corrected chi connectivity index (χ1v) is 7.19. The second kappa shape index (κ2) is 6.20. The molecular weight excluding hydrogens is 272 g/mol. The van der Waals surface area contributed by atoms with Crippen LogP contribution in [0.25, 0.3) is 0 Å². The van der Waals surface area contributed by atoms with Gasteiger partial charge in [0.1, 0.15) is 0 Å². The molecule has 5 heteroatoms. The minimum absolute atomic E-state index is 0.447. The molecule has 4 nitrogen and oxygen atoms in total. The zero-order chi connectivity index (χ0) is 13.8. The van der Waals surface area contributed by atoms with Crippen molar-refractivity contribution in [1.82, 2.24) is 15.1 Å². The zero-order valence-corrected chi connectivity index (χ0v) is 12.0. The van der Waals surface area contributed by atoms with Crippen LogP contribution in [0.5, 0.6) is 0 Å². The van der Waals surface area contributed by atoms with Crippen LogP contribution < -0.4 is 4.90 Å². The number of para-hydroxylation sites is 1. The summed E-state index contributed by atoms with van der Waals surface area (Å²) in [6, 6.07) is 14.3. The summed E-state index contributed by atoms with van der Waals surface area (Å²) in [7, 11) is 0. The first-order chi connectivity index (χ1) is 9.81. The minimum atomic E-state index is 0.447. The van der Waals surface area contributed by atoms with Gasteiger partial charge in [0.05, 0.1) is 5.69 Å². The van der Waals surface area contributed by atoms with E-state index in [0.717, 1.165) is 38.4 Å². The Labute approximate surface area is 124 Å². The van der Waals surface area contributed by atoms with Gasteiger partial charge in [-0.15, -0.1) is 5.10 Å². The SMILES string of the molecule is Clc1ccc(CN2CCN(c3ccccc3)CC2)nn1. The molecule has 1 fully saturated rings. The summed E-state index contributed by atoms with van der Waals surface area (Å²) in [6.07, 6.45) is 0. The molecule has 1 aromatic carbocycles. The largest absolute Gasteiger partial charge is 0.369 e. The van der Waals surface area contributed by atoms with E-state index in [1.54, 1.807) is 6.07 Å². The molecule has 3 rings (SSSR count). The number of rotatable bonds is 3. The molecular formula is C15H17ClN4. The van der Waals surface area contributed by atoms with E-state index >= 15 is 0 Å². The van der Waals surface area contributed by atoms with Gasteiger partial charge in [-0.1, -0.05) is 29.8 Å². The van der Waals surface area contributed by atoms with Crippen molar-refractivity contribution in [3.8, 4) is 0 Å². The molecule has 0 saturated carbocycles. The van der Waals surface area contributed by atoms with Crippen LogP contribution in [-0.2, 0) is 6.54 Å². The third kappa shape index (κ3) is 3.26. The first kappa shape index (κ1) is 13.3. The van der Waals surface area contributed by atoms with Crippen molar-refractivity contribution >= 4 is 17.3 Å². The van der Waals surface area contributed by atoms with Gasteiger partial charge in [-0.25, -0.2) is 0 Å². The van der Waals surface area contributed by atoms with Crippen LogP contribution in [0.15, 0.2) is 42.5 Å². The van der Waals surface area contributed by atoms with Gasteiger partial charge >= 0.3 is 0 Å². The monoisotopic (exact) mass is 288 g/mol. The van der Waals surface area contributed by atoms with E-state index in [1.807, 2.05) is 6.07 Å². The summed E-state index contributed by atoms with van der Waals surface area (Å²) < 4.78 is 0. The van der Waals surface area contributed by atoms with Crippen molar-refractivity contribution in [3.63, 3.8) is 0 Å². The van der Waals surface area contributed by atoms with Crippen molar-refractivity contribution in [2.45, 2.75) is 6.54 Å². The van der Waals surface area contributed by atoms with Gasteiger partial charge in [-0.3, -0.25) is 4.90 Å². The highest BCUT2D eigenvalue weighted by Crippen LogP contribution is 2.16. The maximum absolute atomic E-state index is 5.75. The maximum atomic E-state index is 5.75. The van der Waals surface area contributed by atoms with E-state index in [-0.39, 0.29) is 0 Å². The Hall–Kier alpha value is -1.65. The molecule has 20 heavy (non-hydrogen) atoms. The summed E-state index contributed by atoms with van der Waals surface area (Å²) in [4.78, 5) is 4.82. The van der Waals surface area contributed by atoms with Crippen LogP contribution in [0.2, 0.25) is 5.15 Å². The second-order valence-corrected chi connectivity index (χ2v) is 5.33. The first-order valence-electron chi connectivity index (χ1n) is 6.82. The van der Waals surface area contributed by atoms with E-state index in [2.05, 4.69) is 50.3 Å². The van der Waals surface area contributed by atoms with E-state index < -0.39 is 0 Å². The highest BCUT2D eigenvalue weighted by Gasteiger charge is 2.17. The standard InChI is InChI=1S/C15H17ClN4/c16-15-7-6-13(17-18-15)12-19-8-10-20(11-9-19)14-4-2-1-3-5-14/h1-7H,8-12H2. The fourth-order valence-corrected chi connectivity index (χ4v) is 2.56. The zero-order valence-electron chi connectivity index (χ0n) is 11.2. The molecule has 0 bridgehead atoms. The lowest BCUT2D eigenvalue weighted by molar-refractivity contribution is 0.246. The van der Waals surface area contributed by atoms with Gasteiger partial charge in [-0.2, -0.15) is 5.10 Å². The van der Waals surface area contributed by atoms with Gasteiger partial charge in [0, 0.05) is 38.4 Å². The second-order valence-electron chi connectivity index (χ2n) is 4.95. The third-order valence-corrected chi connectivity index (χ3v) is 3.77. The van der Waals surface area contributed by atoms with E-state index in [9.17, 15) is 0 Å². The molecule has 0 amide bonds. The van der Waals surface area contributed by atoms with Crippen molar-refractivity contribution in [1.29, 1.82) is 0 Å². The number of hydrogen-bond donors (Lipinski definition) is 0.